The number of hydrogen-bond acceptors (Lipinski definition) is 4. The molecule has 1 heterocycles. The third kappa shape index (κ3) is 5.36. The van der Waals surface area contributed by atoms with E-state index in [0.717, 1.165) is 17.0 Å². The van der Waals surface area contributed by atoms with Gasteiger partial charge in [0.2, 0.25) is 5.91 Å². The summed E-state index contributed by atoms with van der Waals surface area (Å²) >= 11 is 1.69. The summed E-state index contributed by atoms with van der Waals surface area (Å²) in [6, 6.07) is 9.40. The Labute approximate surface area is 141 Å². The molecule has 0 bridgehead atoms. The second-order valence-corrected chi connectivity index (χ2v) is 5.72. The highest BCUT2D eigenvalue weighted by atomic mass is 35.5. The number of carbonyl (C=O) groups is 1. The molecule has 7 heteroatoms. The van der Waals surface area contributed by atoms with E-state index < -0.39 is 6.04 Å². The number of hydrogen-bond donors (Lipinski definition) is 2. The Morgan fingerprint density at radius 2 is 2.14 bits per heavy atom. The molecule has 0 aliphatic carbocycles. The molecule has 0 aliphatic rings. The standard InChI is InChI=1S/C15H20N4OS.ClH/c1-21-8-7-14(16)15(20)17-9-12-10-18-19(11-12)13-5-3-2-4-6-13;/h2-6,10-11,14H,7-9,16H2,1H3,(H,17,20);1H/t14-;/m0./s1. The number of benzene rings is 1. The molecule has 0 saturated heterocycles. The van der Waals surface area contributed by atoms with Gasteiger partial charge < -0.3 is 11.1 Å². The van der Waals surface area contributed by atoms with Crippen LogP contribution in [-0.2, 0) is 11.3 Å². The van der Waals surface area contributed by atoms with E-state index in [0.29, 0.717) is 13.0 Å². The number of carbonyl (C=O) groups excluding carboxylic acids is 1. The van der Waals surface area contributed by atoms with Crippen molar-refractivity contribution in [2.75, 3.05) is 12.0 Å². The van der Waals surface area contributed by atoms with Crippen molar-refractivity contribution in [1.29, 1.82) is 0 Å². The van der Waals surface area contributed by atoms with Crippen molar-refractivity contribution in [2.24, 2.45) is 5.73 Å². The summed E-state index contributed by atoms with van der Waals surface area (Å²) in [5, 5.41) is 7.14. The van der Waals surface area contributed by atoms with Gasteiger partial charge >= 0.3 is 0 Å². The maximum Gasteiger partial charge on any atom is 0.237 e. The Balaban J connectivity index is 0.00000242. The van der Waals surface area contributed by atoms with Crippen LogP contribution < -0.4 is 11.1 Å². The minimum atomic E-state index is -0.443. The molecule has 0 saturated carbocycles. The first-order chi connectivity index (χ1) is 10.2. The number of para-hydroxylation sites is 1. The van der Waals surface area contributed by atoms with Gasteiger partial charge in [0.05, 0.1) is 17.9 Å². The smallest absolute Gasteiger partial charge is 0.237 e. The number of amides is 1. The van der Waals surface area contributed by atoms with Gasteiger partial charge in [-0.3, -0.25) is 4.79 Å². The summed E-state index contributed by atoms with van der Waals surface area (Å²) in [4.78, 5) is 11.8. The molecule has 120 valence electrons. The molecule has 1 aromatic carbocycles. The highest BCUT2D eigenvalue weighted by Gasteiger charge is 2.12. The highest BCUT2D eigenvalue weighted by molar-refractivity contribution is 7.98. The third-order valence-electron chi connectivity index (χ3n) is 3.09. The first kappa shape index (κ1) is 18.5. The molecule has 22 heavy (non-hydrogen) atoms. The van der Waals surface area contributed by atoms with Crippen LogP contribution in [0.2, 0.25) is 0 Å². The summed E-state index contributed by atoms with van der Waals surface area (Å²) in [5.41, 5.74) is 7.76. The number of nitrogens with zero attached hydrogens (tertiary/aromatic N) is 2. The molecule has 0 aliphatic heterocycles. The molecular formula is C15H21ClN4OS. The van der Waals surface area contributed by atoms with E-state index >= 15 is 0 Å². The van der Waals surface area contributed by atoms with E-state index in [2.05, 4.69) is 10.4 Å². The summed E-state index contributed by atoms with van der Waals surface area (Å²) in [5.74, 6) is 0.775. The minimum absolute atomic E-state index is 0. The van der Waals surface area contributed by atoms with Gasteiger partial charge in [-0.25, -0.2) is 4.68 Å². The predicted octanol–water partition coefficient (Wildman–Crippen LogP) is 1.99. The van der Waals surface area contributed by atoms with Crippen molar-refractivity contribution < 1.29 is 4.79 Å². The summed E-state index contributed by atoms with van der Waals surface area (Å²) in [7, 11) is 0. The third-order valence-corrected chi connectivity index (χ3v) is 3.74. The van der Waals surface area contributed by atoms with Crippen LogP contribution >= 0.6 is 24.2 Å². The van der Waals surface area contributed by atoms with Crippen LogP contribution in [0.25, 0.3) is 5.69 Å². The van der Waals surface area contributed by atoms with Gasteiger partial charge in [0, 0.05) is 18.3 Å². The predicted molar refractivity (Wildman–Crippen MR) is 93.6 cm³/mol. The van der Waals surface area contributed by atoms with Gasteiger partial charge in [-0.2, -0.15) is 16.9 Å². The molecule has 2 rings (SSSR count). The van der Waals surface area contributed by atoms with Gasteiger partial charge in [-0.15, -0.1) is 12.4 Å². The lowest BCUT2D eigenvalue weighted by Gasteiger charge is -2.10. The van der Waals surface area contributed by atoms with Crippen molar-refractivity contribution in [3.63, 3.8) is 0 Å². The van der Waals surface area contributed by atoms with E-state index in [9.17, 15) is 4.79 Å². The Hall–Kier alpha value is -1.50. The van der Waals surface area contributed by atoms with E-state index in [4.69, 9.17) is 5.73 Å². The summed E-state index contributed by atoms with van der Waals surface area (Å²) < 4.78 is 1.79. The van der Waals surface area contributed by atoms with E-state index in [1.165, 1.54) is 0 Å². The lowest BCUT2D eigenvalue weighted by atomic mass is 10.2. The number of thioether (sulfide) groups is 1. The second kappa shape index (κ2) is 9.50. The molecular weight excluding hydrogens is 320 g/mol. The molecule has 1 amide bonds. The summed E-state index contributed by atoms with van der Waals surface area (Å²) in [6.07, 6.45) is 6.35. The van der Waals surface area contributed by atoms with Gasteiger partial charge in [0.25, 0.3) is 0 Å². The maximum atomic E-state index is 11.8. The fraction of sp³-hybridized carbons (Fsp3) is 0.333. The van der Waals surface area contributed by atoms with E-state index in [1.54, 1.807) is 22.6 Å². The zero-order valence-electron chi connectivity index (χ0n) is 12.4. The van der Waals surface area contributed by atoms with Crippen LogP contribution in [0.3, 0.4) is 0 Å². The molecule has 1 aromatic heterocycles. The van der Waals surface area contributed by atoms with Crippen LogP contribution in [0.5, 0.6) is 0 Å². The topological polar surface area (TPSA) is 72.9 Å². The van der Waals surface area contributed by atoms with Gasteiger partial charge in [0.15, 0.2) is 0 Å². The number of nitrogens with one attached hydrogen (secondary N) is 1. The van der Waals surface area contributed by atoms with Crippen molar-refractivity contribution >= 4 is 30.1 Å². The number of nitrogens with two attached hydrogens (primary N) is 1. The molecule has 1 atom stereocenters. The quantitative estimate of drug-likeness (QED) is 0.808. The largest absolute Gasteiger partial charge is 0.351 e. The van der Waals surface area contributed by atoms with Crippen molar-refractivity contribution in [3.05, 3.63) is 48.3 Å². The molecule has 2 aromatic rings. The molecule has 0 spiro atoms. The normalized spacial score (nSPS) is 11.5. The van der Waals surface area contributed by atoms with Crippen molar-refractivity contribution in [2.45, 2.75) is 19.0 Å². The number of aromatic nitrogens is 2. The Morgan fingerprint density at radius 1 is 1.41 bits per heavy atom. The van der Waals surface area contributed by atoms with E-state index in [1.807, 2.05) is 42.8 Å². The average molecular weight is 341 g/mol. The SMILES string of the molecule is CSCC[C@H](N)C(=O)NCc1cnn(-c2ccccc2)c1.Cl. The van der Waals surface area contributed by atoms with Gasteiger partial charge in [-0.1, -0.05) is 18.2 Å². The average Bonchev–Trinajstić information content (AvgIpc) is 3.00. The molecule has 0 fully saturated rings. The first-order valence-electron chi connectivity index (χ1n) is 6.82. The Bertz CT molecular complexity index is 576. The van der Waals surface area contributed by atoms with Crippen LogP contribution in [0.4, 0.5) is 0 Å². The Morgan fingerprint density at radius 3 is 2.82 bits per heavy atom. The summed E-state index contributed by atoms with van der Waals surface area (Å²) in [6.45, 7) is 0.443. The van der Waals surface area contributed by atoms with Gasteiger partial charge in [0.1, 0.15) is 0 Å². The van der Waals surface area contributed by atoms with Crippen LogP contribution in [-0.4, -0.2) is 33.7 Å². The second-order valence-electron chi connectivity index (χ2n) is 4.73. The van der Waals surface area contributed by atoms with Crippen LogP contribution in [0.15, 0.2) is 42.7 Å². The minimum Gasteiger partial charge on any atom is -0.351 e. The van der Waals surface area contributed by atoms with Crippen molar-refractivity contribution in [1.82, 2.24) is 15.1 Å². The molecule has 0 unspecified atom stereocenters. The fourth-order valence-corrected chi connectivity index (χ4v) is 2.36. The van der Waals surface area contributed by atoms with Gasteiger partial charge in [-0.05, 0) is 30.6 Å². The van der Waals surface area contributed by atoms with Crippen molar-refractivity contribution in [3.8, 4) is 5.69 Å². The fourth-order valence-electron chi connectivity index (χ4n) is 1.87. The number of halogens is 1. The lowest BCUT2D eigenvalue weighted by molar-refractivity contribution is -0.122. The van der Waals surface area contributed by atoms with E-state index in [-0.39, 0.29) is 18.3 Å². The Kier molecular flexibility index (Phi) is 8.01. The number of rotatable bonds is 7. The lowest BCUT2D eigenvalue weighted by Crippen LogP contribution is -2.40. The highest BCUT2D eigenvalue weighted by Crippen LogP contribution is 2.07. The molecule has 3 N–H and O–H groups in total. The molecule has 0 radical (unpaired) electrons. The first-order valence-corrected chi connectivity index (χ1v) is 8.21. The zero-order chi connectivity index (χ0) is 15.1. The van der Waals surface area contributed by atoms with Crippen LogP contribution in [0, 0.1) is 0 Å². The monoisotopic (exact) mass is 340 g/mol. The van der Waals surface area contributed by atoms with Crippen LogP contribution in [0.1, 0.15) is 12.0 Å². The maximum absolute atomic E-state index is 11.8. The zero-order valence-corrected chi connectivity index (χ0v) is 14.1. The molecule has 5 nitrogen and oxygen atoms in total.